The van der Waals surface area contributed by atoms with Crippen molar-refractivity contribution in [2.45, 2.75) is 13.0 Å². The maximum absolute atomic E-state index is 11.0. The van der Waals surface area contributed by atoms with E-state index >= 15 is 0 Å². The highest BCUT2D eigenvalue weighted by molar-refractivity contribution is 5.67. The predicted molar refractivity (Wildman–Crippen MR) is 56.9 cm³/mol. The van der Waals surface area contributed by atoms with Crippen molar-refractivity contribution in [1.29, 1.82) is 0 Å². The molecule has 0 aliphatic heterocycles. The van der Waals surface area contributed by atoms with E-state index in [0.29, 0.717) is 0 Å². The van der Waals surface area contributed by atoms with Crippen LogP contribution in [0, 0.1) is 0 Å². The molecule has 0 saturated heterocycles. The molecule has 1 N–H and O–H groups in total. The SMILES string of the molecule is COC(=O)NC(C)c1ccccc1OC. The number of alkyl carbamates (subject to hydrolysis) is 1. The maximum Gasteiger partial charge on any atom is 0.407 e. The molecule has 0 heterocycles. The van der Waals surface area contributed by atoms with Crippen LogP contribution in [0.2, 0.25) is 0 Å². The summed E-state index contributed by atoms with van der Waals surface area (Å²) in [5.41, 5.74) is 0.922. The van der Waals surface area contributed by atoms with E-state index in [1.165, 1.54) is 7.11 Å². The highest BCUT2D eigenvalue weighted by Gasteiger charge is 2.12. The van der Waals surface area contributed by atoms with Crippen molar-refractivity contribution in [3.63, 3.8) is 0 Å². The van der Waals surface area contributed by atoms with Gasteiger partial charge in [0.05, 0.1) is 20.3 Å². The average Bonchev–Trinajstić information content (AvgIpc) is 2.28. The molecule has 0 fully saturated rings. The molecule has 1 unspecified atom stereocenters. The topological polar surface area (TPSA) is 47.6 Å². The quantitative estimate of drug-likeness (QED) is 0.829. The van der Waals surface area contributed by atoms with Crippen molar-refractivity contribution >= 4 is 6.09 Å². The zero-order valence-electron chi connectivity index (χ0n) is 9.11. The molecule has 1 aromatic rings. The minimum absolute atomic E-state index is 0.145. The van der Waals surface area contributed by atoms with E-state index in [2.05, 4.69) is 10.1 Å². The highest BCUT2D eigenvalue weighted by Crippen LogP contribution is 2.24. The van der Waals surface area contributed by atoms with E-state index in [0.717, 1.165) is 11.3 Å². The molecule has 1 amide bonds. The number of rotatable bonds is 3. The van der Waals surface area contributed by atoms with Gasteiger partial charge in [-0.05, 0) is 13.0 Å². The molecular weight excluding hydrogens is 194 g/mol. The largest absolute Gasteiger partial charge is 0.496 e. The number of amides is 1. The fourth-order valence-corrected chi connectivity index (χ4v) is 1.34. The van der Waals surface area contributed by atoms with Gasteiger partial charge in [0.15, 0.2) is 0 Å². The summed E-state index contributed by atoms with van der Waals surface area (Å²) in [5.74, 6) is 0.751. The van der Waals surface area contributed by atoms with Gasteiger partial charge in [-0.15, -0.1) is 0 Å². The van der Waals surface area contributed by atoms with Crippen molar-refractivity contribution in [3.05, 3.63) is 29.8 Å². The van der Waals surface area contributed by atoms with Crippen molar-refractivity contribution in [1.82, 2.24) is 5.32 Å². The summed E-state index contributed by atoms with van der Waals surface area (Å²) in [7, 11) is 2.94. The molecule has 0 aliphatic carbocycles. The first-order valence-corrected chi connectivity index (χ1v) is 4.66. The molecule has 4 nitrogen and oxygen atoms in total. The van der Waals surface area contributed by atoms with Gasteiger partial charge in [-0.25, -0.2) is 4.79 Å². The van der Waals surface area contributed by atoms with E-state index in [-0.39, 0.29) is 6.04 Å². The Morgan fingerprint density at radius 2 is 2.00 bits per heavy atom. The Labute approximate surface area is 89.2 Å². The van der Waals surface area contributed by atoms with Crippen LogP contribution in [-0.4, -0.2) is 20.3 Å². The molecule has 0 bridgehead atoms. The first-order chi connectivity index (χ1) is 7.19. The average molecular weight is 209 g/mol. The lowest BCUT2D eigenvalue weighted by Gasteiger charge is -2.16. The standard InChI is InChI=1S/C11H15NO3/c1-8(12-11(13)15-3)9-6-4-5-7-10(9)14-2/h4-8H,1-3H3,(H,12,13). The minimum Gasteiger partial charge on any atom is -0.496 e. The van der Waals surface area contributed by atoms with Crippen LogP contribution < -0.4 is 10.1 Å². The lowest BCUT2D eigenvalue weighted by Crippen LogP contribution is -2.26. The summed E-state index contributed by atoms with van der Waals surface area (Å²) in [6.07, 6.45) is -0.451. The number of benzene rings is 1. The summed E-state index contributed by atoms with van der Waals surface area (Å²) in [5, 5.41) is 2.68. The molecule has 0 spiro atoms. The number of nitrogens with one attached hydrogen (secondary N) is 1. The van der Waals surface area contributed by atoms with E-state index in [9.17, 15) is 4.79 Å². The third-order valence-electron chi connectivity index (χ3n) is 2.13. The number of hydrogen-bond acceptors (Lipinski definition) is 3. The number of methoxy groups -OCH3 is 2. The van der Waals surface area contributed by atoms with Gasteiger partial charge in [0.1, 0.15) is 5.75 Å². The van der Waals surface area contributed by atoms with Gasteiger partial charge < -0.3 is 14.8 Å². The van der Waals surface area contributed by atoms with Crippen molar-refractivity contribution in [3.8, 4) is 5.75 Å². The molecule has 15 heavy (non-hydrogen) atoms. The summed E-state index contributed by atoms with van der Waals surface area (Å²) >= 11 is 0. The summed E-state index contributed by atoms with van der Waals surface area (Å²) in [6, 6.07) is 7.39. The molecule has 1 aromatic carbocycles. The summed E-state index contributed by atoms with van der Waals surface area (Å²) in [6.45, 7) is 1.87. The number of carbonyl (C=O) groups is 1. The number of para-hydroxylation sites is 1. The van der Waals surface area contributed by atoms with Gasteiger partial charge in [0.25, 0.3) is 0 Å². The Hall–Kier alpha value is -1.71. The molecule has 0 saturated carbocycles. The van der Waals surface area contributed by atoms with Gasteiger partial charge in [-0.2, -0.15) is 0 Å². The lowest BCUT2D eigenvalue weighted by atomic mass is 10.1. The van der Waals surface area contributed by atoms with Crippen LogP contribution in [0.1, 0.15) is 18.5 Å². The van der Waals surface area contributed by atoms with Crippen molar-refractivity contribution < 1.29 is 14.3 Å². The Kier molecular flexibility index (Phi) is 3.97. The van der Waals surface area contributed by atoms with Crippen LogP contribution in [0.4, 0.5) is 4.79 Å². The highest BCUT2D eigenvalue weighted by atomic mass is 16.5. The lowest BCUT2D eigenvalue weighted by molar-refractivity contribution is 0.167. The van der Waals surface area contributed by atoms with Gasteiger partial charge >= 0.3 is 6.09 Å². The summed E-state index contributed by atoms with van der Waals surface area (Å²) < 4.78 is 9.71. The zero-order valence-corrected chi connectivity index (χ0v) is 9.11. The molecule has 1 rings (SSSR count). The summed E-state index contributed by atoms with van der Waals surface area (Å²) in [4.78, 5) is 11.0. The van der Waals surface area contributed by atoms with E-state index in [1.807, 2.05) is 31.2 Å². The van der Waals surface area contributed by atoms with Gasteiger partial charge in [0.2, 0.25) is 0 Å². The van der Waals surface area contributed by atoms with Gasteiger partial charge in [-0.3, -0.25) is 0 Å². The van der Waals surface area contributed by atoms with Crippen LogP contribution in [0.15, 0.2) is 24.3 Å². The van der Waals surface area contributed by atoms with Crippen LogP contribution in [-0.2, 0) is 4.74 Å². The Morgan fingerprint density at radius 3 is 2.60 bits per heavy atom. The third-order valence-corrected chi connectivity index (χ3v) is 2.13. The van der Waals surface area contributed by atoms with E-state index in [1.54, 1.807) is 7.11 Å². The molecule has 0 aromatic heterocycles. The number of carbonyl (C=O) groups excluding carboxylic acids is 1. The molecular formula is C11H15NO3. The smallest absolute Gasteiger partial charge is 0.407 e. The normalized spacial score (nSPS) is 11.7. The molecule has 0 aliphatic rings. The molecule has 82 valence electrons. The first kappa shape index (κ1) is 11.4. The monoisotopic (exact) mass is 209 g/mol. The van der Waals surface area contributed by atoms with Crippen LogP contribution >= 0.6 is 0 Å². The van der Waals surface area contributed by atoms with Crippen molar-refractivity contribution in [2.75, 3.05) is 14.2 Å². The second kappa shape index (κ2) is 5.24. The Morgan fingerprint density at radius 1 is 1.33 bits per heavy atom. The predicted octanol–water partition coefficient (Wildman–Crippen LogP) is 2.11. The zero-order chi connectivity index (χ0) is 11.3. The van der Waals surface area contributed by atoms with Gasteiger partial charge in [-0.1, -0.05) is 18.2 Å². The second-order valence-corrected chi connectivity index (χ2v) is 3.10. The Bertz CT molecular complexity index is 338. The van der Waals surface area contributed by atoms with E-state index in [4.69, 9.17) is 4.74 Å². The van der Waals surface area contributed by atoms with Crippen LogP contribution in [0.3, 0.4) is 0 Å². The first-order valence-electron chi connectivity index (χ1n) is 4.66. The second-order valence-electron chi connectivity index (χ2n) is 3.10. The molecule has 4 heteroatoms. The third kappa shape index (κ3) is 2.87. The fourth-order valence-electron chi connectivity index (χ4n) is 1.34. The van der Waals surface area contributed by atoms with Crippen molar-refractivity contribution in [2.24, 2.45) is 0 Å². The van der Waals surface area contributed by atoms with Gasteiger partial charge in [0, 0.05) is 5.56 Å². The minimum atomic E-state index is -0.451. The van der Waals surface area contributed by atoms with Crippen LogP contribution in [0.5, 0.6) is 5.75 Å². The maximum atomic E-state index is 11.0. The molecule has 0 radical (unpaired) electrons. The molecule has 1 atom stereocenters. The van der Waals surface area contributed by atoms with E-state index < -0.39 is 6.09 Å². The van der Waals surface area contributed by atoms with Crippen LogP contribution in [0.25, 0.3) is 0 Å². The number of ether oxygens (including phenoxy) is 2. The fraction of sp³-hybridized carbons (Fsp3) is 0.364. The number of hydrogen-bond donors (Lipinski definition) is 1. The Balaban J connectivity index is 2.80.